The van der Waals surface area contributed by atoms with Crippen LogP contribution in [0.25, 0.3) is 0 Å². The van der Waals surface area contributed by atoms with Crippen LogP contribution >= 0.6 is 0 Å². The number of esters is 1. The van der Waals surface area contributed by atoms with Crippen LogP contribution in [0.3, 0.4) is 0 Å². The zero-order valence-corrected chi connectivity index (χ0v) is 24.0. The molecule has 1 aromatic rings. The van der Waals surface area contributed by atoms with Gasteiger partial charge >= 0.3 is 5.97 Å². The zero-order valence-electron chi connectivity index (χ0n) is 24.0. The Kier molecular flexibility index (Phi) is 5.76. The molecule has 7 aliphatic rings. The van der Waals surface area contributed by atoms with E-state index < -0.39 is 34.6 Å². The van der Waals surface area contributed by atoms with E-state index in [9.17, 15) is 15.0 Å². The number of anilines is 1. The van der Waals surface area contributed by atoms with E-state index in [-0.39, 0.29) is 17.3 Å². The first-order valence-corrected chi connectivity index (χ1v) is 14.9. The Balaban J connectivity index is 1.31. The second-order valence-electron chi connectivity index (χ2n) is 13.4. The van der Waals surface area contributed by atoms with E-state index in [0.717, 1.165) is 36.2 Å². The summed E-state index contributed by atoms with van der Waals surface area (Å²) in [4.78, 5) is 15.7. The number of nitrogens with zero attached hydrogens (tertiary/aromatic N) is 1. The van der Waals surface area contributed by atoms with Gasteiger partial charge in [-0.05, 0) is 68.9 Å². The van der Waals surface area contributed by atoms with Crippen LogP contribution in [-0.2, 0) is 14.2 Å². The summed E-state index contributed by atoms with van der Waals surface area (Å²) in [6, 6.07) is 7.35. The summed E-state index contributed by atoms with van der Waals surface area (Å²) in [6.45, 7) is 6.18. The molecule has 1 aromatic carbocycles. The SMILES string of the molecule is CNc1ccccc1C(=O)OC(C)C1=CC[C@@]23OCCN(C)CC12CC(O)C12O[C@@]4(O)CC[C@@]1(C)[C@H](CC=C23)C4. The average Bonchev–Trinajstić information content (AvgIpc) is 3.14. The van der Waals surface area contributed by atoms with Gasteiger partial charge in [-0.15, -0.1) is 0 Å². The quantitative estimate of drug-likeness (QED) is 0.386. The van der Waals surface area contributed by atoms with Crippen LogP contribution in [-0.4, -0.2) is 84.1 Å². The lowest BCUT2D eigenvalue weighted by Crippen LogP contribution is -2.79. The summed E-state index contributed by atoms with van der Waals surface area (Å²) >= 11 is 0. The molecule has 0 radical (unpaired) electrons. The molecular weight excluding hydrogens is 508 g/mol. The van der Waals surface area contributed by atoms with Crippen molar-refractivity contribution in [1.82, 2.24) is 4.90 Å². The summed E-state index contributed by atoms with van der Waals surface area (Å²) in [5.41, 5.74) is 0.571. The van der Waals surface area contributed by atoms with E-state index in [0.29, 0.717) is 44.4 Å². The number of carbonyl (C=O) groups is 1. The minimum atomic E-state index is -1.22. The summed E-state index contributed by atoms with van der Waals surface area (Å²) in [5.74, 6) is -1.36. The maximum atomic E-state index is 13.4. The van der Waals surface area contributed by atoms with Crippen molar-refractivity contribution in [2.45, 2.75) is 81.6 Å². The Bertz CT molecular complexity index is 1310. The number of aliphatic hydroxyl groups is 2. The van der Waals surface area contributed by atoms with Gasteiger partial charge in [-0.3, -0.25) is 0 Å². The van der Waals surface area contributed by atoms with Crippen LogP contribution in [0.1, 0.15) is 62.7 Å². The van der Waals surface area contributed by atoms with Crippen molar-refractivity contribution in [3.63, 3.8) is 0 Å². The number of hydrogen-bond donors (Lipinski definition) is 3. The van der Waals surface area contributed by atoms with Gasteiger partial charge in [0.05, 0.1) is 18.3 Å². The topological polar surface area (TPSA) is 100 Å². The van der Waals surface area contributed by atoms with Crippen LogP contribution in [0.5, 0.6) is 0 Å². The van der Waals surface area contributed by atoms with Crippen molar-refractivity contribution < 1.29 is 29.2 Å². The fraction of sp³-hybridized carbons (Fsp3) is 0.656. The molecule has 4 unspecified atom stereocenters. The van der Waals surface area contributed by atoms with Crippen molar-refractivity contribution >= 4 is 11.7 Å². The molecule has 3 saturated heterocycles. The van der Waals surface area contributed by atoms with Crippen LogP contribution in [0.4, 0.5) is 5.69 Å². The number of likely N-dealkylation sites (N-methyl/N-ethyl adjacent to an activating group) is 1. The highest BCUT2D eigenvalue weighted by molar-refractivity contribution is 5.95. The van der Waals surface area contributed by atoms with Crippen molar-refractivity contribution in [2.75, 3.05) is 39.1 Å². The molecule has 3 N–H and O–H groups in total. The lowest BCUT2D eigenvalue weighted by molar-refractivity contribution is -0.401. The monoisotopic (exact) mass is 550 g/mol. The third kappa shape index (κ3) is 3.17. The molecule has 8 nitrogen and oxygen atoms in total. The molecule has 8 atom stereocenters. The van der Waals surface area contributed by atoms with Gasteiger partial charge in [-0.2, -0.15) is 0 Å². The lowest BCUT2D eigenvalue weighted by Gasteiger charge is -2.73. The number of nitrogens with one attached hydrogen (secondary N) is 1. The third-order valence-corrected chi connectivity index (χ3v) is 11.6. The predicted molar refractivity (Wildman–Crippen MR) is 150 cm³/mol. The smallest absolute Gasteiger partial charge is 0.340 e. The number of rotatable bonds is 4. The Morgan fingerprint density at radius 2 is 2.02 bits per heavy atom. The lowest BCUT2D eigenvalue weighted by atomic mass is 9.41. The fourth-order valence-electron chi connectivity index (χ4n) is 9.78. The summed E-state index contributed by atoms with van der Waals surface area (Å²) in [7, 11) is 3.88. The van der Waals surface area contributed by atoms with Crippen LogP contribution in [0.15, 0.2) is 47.6 Å². The van der Waals surface area contributed by atoms with E-state index in [4.69, 9.17) is 14.2 Å². The van der Waals surface area contributed by atoms with Gasteiger partial charge in [0, 0.05) is 49.5 Å². The van der Waals surface area contributed by atoms with Gasteiger partial charge in [0.25, 0.3) is 0 Å². The van der Waals surface area contributed by atoms with Crippen LogP contribution in [0.2, 0.25) is 0 Å². The second-order valence-corrected chi connectivity index (χ2v) is 13.4. The van der Waals surface area contributed by atoms with E-state index in [1.54, 1.807) is 13.1 Å². The average molecular weight is 551 g/mol. The molecule has 40 heavy (non-hydrogen) atoms. The molecule has 5 fully saturated rings. The van der Waals surface area contributed by atoms with Crippen LogP contribution in [0, 0.1) is 16.7 Å². The molecule has 216 valence electrons. The Morgan fingerprint density at radius 3 is 2.83 bits per heavy atom. The Morgan fingerprint density at radius 1 is 1.23 bits per heavy atom. The normalized spacial score (nSPS) is 44.4. The summed E-state index contributed by atoms with van der Waals surface area (Å²) < 4.78 is 19.9. The highest BCUT2D eigenvalue weighted by Gasteiger charge is 2.79. The van der Waals surface area contributed by atoms with E-state index in [2.05, 4.69) is 36.3 Å². The fourth-order valence-corrected chi connectivity index (χ4v) is 9.78. The van der Waals surface area contributed by atoms with E-state index in [1.807, 2.05) is 25.1 Å². The highest BCUT2D eigenvalue weighted by atomic mass is 16.7. The molecule has 3 heterocycles. The molecule has 0 aromatic heterocycles. The number of allylic oxidation sites excluding steroid dienone is 1. The molecule has 2 saturated carbocycles. The number of aliphatic hydroxyl groups excluding tert-OH is 1. The van der Waals surface area contributed by atoms with Gasteiger partial charge < -0.3 is 34.6 Å². The molecule has 0 amide bonds. The van der Waals surface area contributed by atoms with Crippen molar-refractivity contribution in [2.24, 2.45) is 16.7 Å². The first-order valence-electron chi connectivity index (χ1n) is 14.9. The highest BCUT2D eigenvalue weighted by Crippen LogP contribution is 2.74. The number of carbonyl (C=O) groups excluding carboxylic acids is 1. The molecule has 3 aliphatic heterocycles. The first kappa shape index (κ1) is 26.7. The number of para-hydroxylation sites is 1. The molecule has 8 heteroatoms. The van der Waals surface area contributed by atoms with Crippen molar-refractivity contribution in [1.29, 1.82) is 0 Å². The first-order chi connectivity index (χ1) is 19.0. The maximum absolute atomic E-state index is 13.4. The molecule has 8 rings (SSSR count). The Labute approximate surface area is 236 Å². The van der Waals surface area contributed by atoms with Gasteiger partial charge in [0.15, 0.2) is 5.79 Å². The minimum Gasteiger partial charge on any atom is -0.454 e. The third-order valence-electron chi connectivity index (χ3n) is 11.6. The van der Waals surface area contributed by atoms with Gasteiger partial charge in [-0.25, -0.2) is 4.79 Å². The summed E-state index contributed by atoms with van der Waals surface area (Å²) in [5, 5.41) is 26.9. The Hall–Kier alpha value is -2.23. The van der Waals surface area contributed by atoms with E-state index in [1.165, 1.54) is 0 Å². The second kappa shape index (κ2) is 8.65. The number of benzene rings is 1. The van der Waals surface area contributed by atoms with Crippen LogP contribution < -0.4 is 5.32 Å². The van der Waals surface area contributed by atoms with Gasteiger partial charge in [-0.1, -0.05) is 31.2 Å². The largest absolute Gasteiger partial charge is 0.454 e. The van der Waals surface area contributed by atoms with Gasteiger partial charge in [0.1, 0.15) is 17.3 Å². The van der Waals surface area contributed by atoms with Crippen molar-refractivity contribution in [3.05, 3.63) is 53.1 Å². The molecule has 1 spiro atoms. The molecular formula is C32H42N2O6. The standard InChI is InChI=1S/C32H42N2O6/c1-20(39-27(36)22-7-5-6-8-24(22)33-3)23-11-12-31-25-10-9-21-17-30(37)14-13-28(21,2)32(25,40-30)26(35)18-29(23,31)19-34(4)15-16-38-31/h5-8,10-11,20-21,26,33,35,37H,9,12-19H2,1-4H3/t20?,21-,26?,28+,29?,30+,31+,32?/m1/s1. The number of fused-ring (bicyclic) bond motifs is 1. The number of hydrogen-bond acceptors (Lipinski definition) is 8. The van der Waals surface area contributed by atoms with Gasteiger partial charge in [0.2, 0.25) is 0 Å². The zero-order chi connectivity index (χ0) is 28.1. The molecule has 4 bridgehead atoms. The van der Waals surface area contributed by atoms with E-state index >= 15 is 0 Å². The predicted octanol–water partition coefficient (Wildman–Crippen LogP) is 3.65. The maximum Gasteiger partial charge on any atom is 0.340 e. The number of ether oxygens (including phenoxy) is 3. The van der Waals surface area contributed by atoms with Crippen molar-refractivity contribution in [3.8, 4) is 0 Å². The summed E-state index contributed by atoms with van der Waals surface area (Å²) in [6.07, 6.45) is 6.99. The molecule has 4 aliphatic carbocycles. The minimum absolute atomic E-state index is 0.247.